The molecule has 1 aromatic rings. The Morgan fingerprint density at radius 1 is 1.14 bits per heavy atom. The molecule has 0 atom stereocenters. The summed E-state index contributed by atoms with van der Waals surface area (Å²) in [6.07, 6.45) is 0. The Bertz CT molecular complexity index is 336. The highest BCUT2D eigenvalue weighted by atomic mass is 127. The summed E-state index contributed by atoms with van der Waals surface area (Å²) in [5.41, 5.74) is 0. The second-order valence-electron chi connectivity index (χ2n) is 2.13. The summed E-state index contributed by atoms with van der Waals surface area (Å²) in [4.78, 5) is 0. The van der Waals surface area contributed by atoms with Gasteiger partial charge in [-0.15, -0.1) is 0 Å². The average Bonchev–Trinajstić information content (AvgIpc) is 2.21. The fraction of sp³-hybridized carbons (Fsp3) is 0. The third-order valence-electron chi connectivity index (χ3n) is 1.20. The number of hydrogen-bond donors (Lipinski definition) is 0. The summed E-state index contributed by atoms with van der Waals surface area (Å²) >= 11 is 11.9. The van der Waals surface area contributed by atoms with Crippen molar-refractivity contribution in [3.8, 4) is 5.75 Å². The Morgan fingerprint density at radius 2 is 1.64 bits per heavy atom. The molecule has 78 valence electrons. The molecule has 0 radical (unpaired) electrons. The summed E-state index contributed by atoms with van der Waals surface area (Å²) in [6, 6.07) is 6.67. The first-order chi connectivity index (χ1) is 6.59. The van der Waals surface area contributed by atoms with Gasteiger partial charge >= 0.3 is 7.82 Å². The molecule has 0 saturated heterocycles. The van der Waals surface area contributed by atoms with Crippen LogP contribution in [0.2, 0.25) is 0 Å². The van der Waals surface area contributed by atoms with Crippen LogP contribution in [0.4, 0.5) is 0 Å². The highest BCUT2D eigenvalue weighted by Crippen LogP contribution is 2.51. The van der Waals surface area contributed by atoms with E-state index in [9.17, 15) is 4.57 Å². The fourth-order valence-electron chi connectivity index (χ4n) is 0.663. The largest absolute Gasteiger partial charge is 0.563 e. The van der Waals surface area contributed by atoms with E-state index in [0.29, 0.717) is 0 Å². The van der Waals surface area contributed by atoms with Crippen LogP contribution in [0, 0.1) is 3.57 Å². The average molecular weight is 369 g/mol. The first kappa shape index (κ1) is 12.5. The van der Waals surface area contributed by atoms with Crippen LogP contribution in [-0.2, 0) is 12.7 Å². The maximum Gasteiger partial charge on any atom is 0.563 e. The van der Waals surface area contributed by atoms with Crippen molar-refractivity contribution in [3.63, 3.8) is 0 Å². The summed E-state index contributed by atoms with van der Waals surface area (Å²) in [7, 11) is -3.89. The van der Waals surface area contributed by atoms with Crippen LogP contribution in [0.1, 0.15) is 0 Å². The molecule has 0 unspecified atom stereocenters. The van der Waals surface area contributed by atoms with Gasteiger partial charge in [0.05, 0.1) is 23.7 Å². The maximum atomic E-state index is 11.3. The van der Waals surface area contributed by atoms with E-state index in [1.165, 1.54) is 0 Å². The zero-order valence-corrected chi connectivity index (χ0v) is 11.1. The normalized spacial score (nSPS) is 11.4. The van der Waals surface area contributed by atoms with Gasteiger partial charge in [-0.3, -0.25) is 0 Å². The molecule has 0 spiro atoms. The van der Waals surface area contributed by atoms with Gasteiger partial charge in [0.1, 0.15) is 5.75 Å². The molecule has 0 aromatic heterocycles. The lowest BCUT2D eigenvalue weighted by molar-refractivity contribution is 0.318. The molecular formula is C6H4Cl2IO4P. The van der Waals surface area contributed by atoms with Crippen molar-refractivity contribution < 1.29 is 17.2 Å². The molecule has 8 heteroatoms. The molecule has 4 nitrogen and oxygen atoms in total. The molecule has 0 aliphatic carbocycles. The van der Waals surface area contributed by atoms with Crippen LogP contribution in [0.15, 0.2) is 24.3 Å². The molecule has 0 heterocycles. The van der Waals surface area contributed by atoms with Crippen molar-refractivity contribution in [3.05, 3.63) is 27.8 Å². The number of halogens is 3. The second-order valence-corrected chi connectivity index (χ2v) is 5.56. The van der Waals surface area contributed by atoms with E-state index in [1.54, 1.807) is 24.3 Å². The van der Waals surface area contributed by atoms with E-state index in [2.05, 4.69) is 30.7 Å². The monoisotopic (exact) mass is 368 g/mol. The molecular weight excluding hydrogens is 365 g/mol. The lowest BCUT2D eigenvalue weighted by Crippen LogP contribution is -1.92. The lowest BCUT2D eigenvalue weighted by atomic mass is 10.3. The van der Waals surface area contributed by atoms with E-state index in [4.69, 9.17) is 28.3 Å². The van der Waals surface area contributed by atoms with Gasteiger partial charge in [-0.2, -0.15) is 8.15 Å². The van der Waals surface area contributed by atoms with Crippen LogP contribution in [-0.4, -0.2) is 0 Å². The molecule has 0 fully saturated rings. The van der Waals surface area contributed by atoms with Gasteiger partial charge in [0.25, 0.3) is 0 Å². The minimum Gasteiger partial charge on any atom is -0.402 e. The lowest BCUT2D eigenvalue weighted by Gasteiger charge is -2.10. The predicted octanol–water partition coefficient (Wildman–Crippen LogP) is 4.12. The Labute approximate surface area is 105 Å². The predicted molar refractivity (Wildman–Crippen MR) is 61.3 cm³/mol. The Morgan fingerprint density at radius 3 is 2.07 bits per heavy atom. The van der Waals surface area contributed by atoms with Gasteiger partial charge in [0.15, 0.2) is 0 Å². The first-order valence-electron chi connectivity index (χ1n) is 3.25. The molecule has 0 aliphatic rings. The first-order valence-corrected chi connectivity index (χ1v) is 6.41. The molecule has 0 bridgehead atoms. The van der Waals surface area contributed by atoms with E-state index in [0.717, 1.165) is 3.57 Å². The van der Waals surface area contributed by atoms with Crippen molar-refractivity contribution in [1.29, 1.82) is 0 Å². The van der Waals surface area contributed by atoms with Gasteiger partial charge < -0.3 is 4.52 Å². The summed E-state index contributed by atoms with van der Waals surface area (Å²) in [6.45, 7) is 0. The summed E-state index contributed by atoms with van der Waals surface area (Å²) in [5, 5.41) is 0. The van der Waals surface area contributed by atoms with Crippen molar-refractivity contribution in [2.45, 2.75) is 0 Å². The van der Waals surface area contributed by atoms with E-state index < -0.39 is 7.82 Å². The fourth-order valence-corrected chi connectivity index (χ4v) is 1.91. The van der Waals surface area contributed by atoms with Crippen LogP contribution in [0.3, 0.4) is 0 Å². The number of hydrogen-bond acceptors (Lipinski definition) is 4. The van der Waals surface area contributed by atoms with E-state index in [1.807, 2.05) is 0 Å². The zero-order chi connectivity index (χ0) is 10.6. The highest BCUT2D eigenvalue weighted by molar-refractivity contribution is 14.1. The van der Waals surface area contributed by atoms with Gasteiger partial charge in [-0.1, -0.05) is 0 Å². The molecule has 14 heavy (non-hydrogen) atoms. The minimum absolute atomic E-state index is 0.287. The Kier molecular flexibility index (Phi) is 4.96. The van der Waals surface area contributed by atoms with Crippen molar-refractivity contribution in [2.24, 2.45) is 0 Å². The van der Waals surface area contributed by atoms with Gasteiger partial charge in [0, 0.05) is 3.57 Å². The summed E-state index contributed by atoms with van der Waals surface area (Å²) < 4.78 is 25.0. The van der Waals surface area contributed by atoms with Gasteiger partial charge in [-0.05, 0) is 46.9 Å². The van der Waals surface area contributed by atoms with Crippen LogP contribution in [0.25, 0.3) is 0 Å². The number of benzene rings is 1. The Hall–Kier alpha value is 0.480. The SMILES string of the molecule is O=P(OCl)(OCl)Oc1ccc(I)cc1. The van der Waals surface area contributed by atoms with E-state index in [-0.39, 0.29) is 5.75 Å². The molecule has 0 amide bonds. The third kappa shape index (κ3) is 3.56. The number of phosphoric acid groups is 1. The smallest absolute Gasteiger partial charge is 0.402 e. The van der Waals surface area contributed by atoms with E-state index >= 15 is 0 Å². The van der Waals surface area contributed by atoms with Crippen molar-refractivity contribution >= 4 is 54.1 Å². The van der Waals surface area contributed by atoms with Gasteiger partial charge in [0.2, 0.25) is 0 Å². The van der Waals surface area contributed by atoms with Crippen LogP contribution >= 0.6 is 54.1 Å². The van der Waals surface area contributed by atoms with Crippen LogP contribution < -0.4 is 4.52 Å². The standard InChI is InChI=1S/C6H4Cl2IO4P/c7-12-14(10,13-8)11-6-3-1-5(9)2-4-6/h1-4H. The third-order valence-corrected chi connectivity index (χ3v) is 3.71. The highest BCUT2D eigenvalue weighted by Gasteiger charge is 2.28. The molecule has 0 saturated carbocycles. The van der Waals surface area contributed by atoms with Gasteiger partial charge in [-0.25, -0.2) is 4.57 Å². The zero-order valence-electron chi connectivity index (χ0n) is 6.52. The molecule has 1 rings (SSSR count). The summed E-state index contributed by atoms with van der Waals surface area (Å²) in [5.74, 6) is 0.287. The minimum atomic E-state index is -3.89. The van der Waals surface area contributed by atoms with Crippen molar-refractivity contribution in [2.75, 3.05) is 0 Å². The van der Waals surface area contributed by atoms with Crippen LogP contribution in [0.5, 0.6) is 5.75 Å². The molecule has 0 aliphatic heterocycles. The maximum absolute atomic E-state index is 11.3. The molecule has 0 N–H and O–H groups in total. The topological polar surface area (TPSA) is 44.8 Å². The quantitative estimate of drug-likeness (QED) is 0.592. The number of rotatable bonds is 4. The molecule has 1 aromatic carbocycles. The van der Waals surface area contributed by atoms with Crippen molar-refractivity contribution in [1.82, 2.24) is 0 Å². The second kappa shape index (κ2) is 5.53. The Balaban J connectivity index is 2.78.